The molecule has 0 unspecified atom stereocenters. The van der Waals surface area contributed by atoms with E-state index in [9.17, 15) is 0 Å². The highest BCUT2D eigenvalue weighted by Gasteiger charge is 1.89. The molecule has 0 saturated carbocycles. The van der Waals surface area contributed by atoms with Gasteiger partial charge >= 0.3 is 0 Å². The van der Waals surface area contributed by atoms with Crippen molar-refractivity contribution in [3.05, 3.63) is 0 Å². The lowest BCUT2D eigenvalue weighted by atomic mass is 10.4. The summed E-state index contributed by atoms with van der Waals surface area (Å²) < 4.78 is 0. The summed E-state index contributed by atoms with van der Waals surface area (Å²) in [5.41, 5.74) is 0. The molecular formula is C8H12N2S. The molecule has 0 N–H and O–H groups in total. The van der Waals surface area contributed by atoms with Gasteiger partial charge in [-0.25, -0.2) is 0 Å². The van der Waals surface area contributed by atoms with Crippen molar-refractivity contribution in [3.63, 3.8) is 0 Å². The van der Waals surface area contributed by atoms with Crippen LogP contribution in [0.5, 0.6) is 0 Å². The first-order chi connectivity index (χ1) is 5.41. The normalized spacial score (nSPS) is 8.55. The largest absolute Gasteiger partial charge is 0.198 e. The van der Waals surface area contributed by atoms with Crippen molar-refractivity contribution >= 4 is 11.8 Å². The number of thioether (sulfide) groups is 1. The first kappa shape index (κ1) is 10.3. The van der Waals surface area contributed by atoms with Crippen LogP contribution in [-0.4, -0.2) is 11.5 Å². The van der Waals surface area contributed by atoms with Crippen LogP contribution in [-0.2, 0) is 0 Å². The van der Waals surface area contributed by atoms with E-state index in [1.165, 1.54) is 0 Å². The molecule has 60 valence electrons. The van der Waals surface area contributed by atoms with Crippen LogP contribution in [0.2, 0.25) is 0 Å². The molecule has 11 heavy (non-hydrogen) atoms. The Balaban J connectivity index is 2.82. The summed E-state index contributed by atoms with van der Waals surface area (Å²) >= 11 is 1.83. The Hall–Kier alpha value is -0.670. The predicted molar refractivity (Wildman–Crippen MR) is 47.0 cm³/mol. The zero-order valence-electron chi connectivity index (χ0n) is 6.55. The summed E-state index contributed by atoms with van der Waals surface area (Å²) in [5, 5.41) is 16.4. The van der Waals surface area contributed by atoms with Crippen LogP contribution in [0.1, 0.15) is 25.7 Å². The molecule has 0 atom stereocenters. The standard InChI is InChI=1S/C8H12N2S/c9-5-1-3-7-11-8-4-2-6-10/h1-4,7-8H2. The Morgan fingerprint density at radius 1 is 0.909 bits per heavy atom. The lowest BCUT2D eigenvalue weighted by Gasteiger charge is -1.95. The molecule has 0 aromatic rings. The molecule has 0 fully saturated rings. The fraction of sp³-hybridized carbons (Fsp3) is 0.750. The van der Waals surface area contributed by atoms with Gasteiger partial charge in [-0.1, -0.05) is 0 Å². The van der Waals surface area contributed by atoms with Gasteiger partial charge in [0.25, 0.3) is 0 Å². The molecule has 0 radical (unpaired) electrons. The Bertz CT molecular complexity index is 136. The minimum absolute atomic E-state index is 0.658. The lowest BCUT2D eigenvalue weighted by Crippen LogP contribution is -1.82. The Morgan fingerprint density at radius 3 is 1.73 bits per heavy atom. The third kappa shape index (κ3) is 9.33. The summed E-state index contributed by atoms with van der Waals surface area (Å²) in [7, 11) is 0. The van der Waals surface area contributed by atoms with Crippen LogP contribution in [0.3, 0.4) is 0 Å². The van der Waals surface area contributed by atoms with Gasteiger partial charge in [0.15, 0.2) is 0 Å². The van der Waals surface area contributed by atoms with Crippen molar-refractivity contribution in [1.29, 1.82) is 10.5 Å². The molecule has 0 rings (SSSR count). The zero-order chi connectivity index (χ0) is 8.36. The van der Waals surface area contributed by atoms with E-state index in [4.69, 9.17) is 10.5 Å². The summed E-state index contributed by atoms with van der Waals surface area (Å²) in [6, 6.07) is 4.21. The van der Waals surface area contributed by atoms with Gasteiger partial charge in [-0.05, 0) is 24.3 Å². The van der Waals surface area contributed by atoms with E-state index >= 15 is 0 Å². The molecule has 0 aromatic heterocycles. The van der Waals surface area contributed by atoms with E-state index in [2.05, 4.69) is 12.1 Å². The minimum Gasteiger partial charge on any atom is -0.198 e. The van der Waals surface area contributed by atoms with Crippen molar-refractivity contribution in [1.82, 2.24) is 0 Å². The van der Waals surface area contributed by atoms with Gasteiger partial charge in [0.05, 0.1) is 12.1 Å². The molecule has 2 nitrogen and oxygen atoms in total. The number of nitrogens with zero attached hydrogens (tertiary/aromatic N) is 2. The first-order valence-corrected chi connectivity index (χ1v) is 4.89. The van der Waals surface area contributed by atoms with Crippen molar-refractivity contribution in [2.45, 2.75) is 25.7 Å². The molecule has 0 saturated heterocycles. The van der Waals surface area contributed by atoms with Gasteiger partial charge in [0.2, 0.25) is 0 Å². The van der Waals surface area contributed by atoms with Crippen LogP contribution < -0.4 is 0 Å². The quantitative estimate of drug-likeness (QED) is 0.572. The highest BCUT2D eigenvalue weighted by molar-refractivity contribution is 7.99. The number of nitriles is 2. The summed E-state index contributed by atoms with van der Waals surface area (Å²) in [4.78, 5) is 0. The Kier molecular flexibility index (Phi) is 8.76. The van der Waals surface area contributed by atoms with E-state index in [-0.39, 0.29) is 0 Å². The smallest absolute Gasteiger partial charge is 0.0622 e. The topological polar surface area (TPSA) is 47.6 Å². The van der Waals surface area contributed by atoms with E-state index in [1.807, 2.05) is 11.8 Å². The first-order valence-electron chi connectivity index (χ1n) is 3.73. The molecule has 0 aliphatic carbocycles. The molecule has 0 aliphatic heterocycles. The lowest BCUT2D eigenvalue weighted by molar-refractivity contribution is 0.959. The van der Waals surface area contributed by atoms with Crippen LogP contribution in [0.25, 0.3) is 0 Å². The monoisotopic (exact) mass is 168 g/mol. The van der Waals surface area contributed by atoms with Crippen LogP contribution in [0.4, 0.5) is 0 Å². The summed E-state index contributed by atoms with van der Waals surface area (Å²) in [6.07, 6.45) is 3.28. The van der Waals surface area contributed by atoms with E-state index in [0.29, 0.717) is 12.8 Å². The number of rotatable bonds is 6. The van der Waals surface area contributed by atoms with Gasteiger partial charge in [0, 0.05) is 12.8 Å². The zero-order valence-corrected chi connectivity index (χ0v) is 7.36. The van der Waals surface area contributed by atoms with Crippen molar-refractivity contribution in [2.24, 2.45) is 0 Å². The number of hydrogen-bond donors (Lipinski definition) is 0. The molecule has 0 aliphatic rings. The summed E-state index contributed by atoms with van der Waals surface area (Å²) in [6.45, 7) is 0. The molecular weight excluding hydrogens is 156 g/mol. The fourth-order valence-corrected chi connectivity index (χ4v) is 1.51. The third-order valence-electron chi connectivity index (χ3n) is 1.15. The second-order valence-corrected chi connectivity index (χ2v) is 3.36. The summed E-state index contributed by atoms with van der Waals surface area (Å²) in [5.74, 6) is 2.11. The molecule has 0 aromatic carbocycles. The van der Waals surface area contributed by atoms with E-state index in [1.54, 1.807) is 0 Å². The van der Waals surface area contributed by atoms with E-state index in [0.717, 1.165) is 24.3 Å². The Labute approximate surface area is 72.2 Å². The highest BCUT2D eigenvalue weighted by Crippen LogP contribution is 2.06. The number of unbranched alkanes of at least 4 members (excludes halogenated alkanes) is 2. The second-order valence-electron chi connectivity index (χ2n) is 2.14. The van der Waals surface area contributed by atoms with Crippen molar-refractivity contribution < 1.29 is 0 Å². The average molecular weight is 168 g/mol. The molecule has 3 heteroatoms. The minimum atomic E-state index is 0.658. The van der Waals surface area contributed by atoms with Gasteiger partial charge in [-0.2, -0.15) is 22.3 Å². The maximum Gasteiger partial charge on any atom is 0.0622 e. The molecule has 0 heterocycles. The average Bonchev–Trinajstić information content (AvgIpc) is 2.03. The Morgan fingerprint density at radius 2 is 1.36 bits per heavy atom. The van der Waals surface area contributed by atoms with Crippen LogP contribution >= 0.6 is 11.8 Å². The number of hydrogen-bond acceptors (Lipinski definition) is 3. The van der Waals surface area contributed by atoms with Gasteiger partial charge in [0.1, 0.15) is 0 Å². The maximum atomic E-state index is 8.20. The van der Waals surface area contributed by atoms with Gasteiger partial charge in [-0.15, -0.1) is 0 Å². The molecule has 0 amide bonds. The van der Waals surface area contributed by atoms with Gasteiger partial charge in [-0.3, -0.25) is 0 Å². The van der Waals surface area contributed by atoms with Crippen LogP contribution in [0, 0.1) is 22.7 Å². The predicted octanol–water partition coefficient (Wildman–Crippen LogP) is 2.33. The second kappa shape index (κ2) is 9.33. The van der Waals surface area contributed by atoms with Crippen molar-refractivity contribution in [3.8, 4) is 12.1 Å². The molecule has 0 spiro atoms. The van der Waals surface area contributed by atoms with Gasteiger partial charge < -0.3 is 0 Å². The molecule has 0 bridgehead atoms. The van der Waals surface area contributed by atoms with Crippen LogP contribution in [0.15, 0.2) is 0 Å². The third-order valence-corrected chi connectivity index (χ3v) is 2.31. The SMILES string of the molecule is N#CCCCSCCCC#N. The van der Waals surface area contributed by atoms with Crippen molar-refractivity contribution in [2.75, 3.05) is 11.5 Å². The highest BCUT2D eigenvalue weighted by atomic mass is 32.2. The fourth-order valence-electron chi connectivity index (χ4n) is 0.609. The van der Waals surface area contributed by atoms with E-state index < -0.39 is 0 Å². The maximum absolute atomic E-state index is 8.20.